The van der Waals surface area contributed by atoms with Gasteiger partial charge >= 0.3 is 0 Å². The first-order chi connectivity index (χ1) is 15.0. The second kappa shape index (κ2) is 8.96. The predicted molar refractivity (Wildman–Crippen MR) is 121 cm³/mol. The number of hydrogen-bond donors (Lipinski definition) is 1. The second-order valence-electron chi connectivity index (χ2n) is 7.59. The Bertz CT molecular complexity index is 1200. The number of carbonyl (C=O) groups is 1. The maximum atomic E-state index is 13.4. The van der Waals surface area contributed by atoms with Crippen LogP contribution < -0.4 is 5.32 Å². The highest BCUT2D eigenvalue weighted by molar-refractivity contribution is 5.94. The number of aromatic nitrogens is 2. The van der Waals surface area contributed by atoms with Crippen LogP contribution in [-0.2, 0) is 6.42 Å². The maximum absolute atomic E-state index is 13.4. The number of aryl methyl sites for hydroxylation is 2. The summed E-state index contributed by atoms with van der Waals surface area (Å²) in [6, 6.07) is 23.9. The number of hydrogen-bond acceptors (Lipinski definition) is 2. The van der Waals surface area contributed by atoms with Crippen LogP contribution in [0.3, 0.4) is 0 Å². The molecule has 0 saturated heterocycles. The Balaban J connectivity index is 1.64. The summed E-state index contributed by atoms with van der Waals surface area (Å²) in [6.45, 7) is 4.62. The Kier molecular flexibility index (Phi) is 5.94. The molecule has 4 rings (SSSR count). The van der Waals surface area contributed by atoms with Crippen molar-refractivity contribution in [3.63, 3.8) is 0 Å². The Morgan fingerprint density at radius 1 is 0.935 bits per heavy atom. The smallest absolute Gasteiger partial charge is 0.270 e. The van der Waals surface area contributed by atoms with Gasteiger partial charge in [-0.1, -0.05) is 42.5 Å². The molecule has 0 spiro atoms. The van der Waals surface area contributed by atoms with Gasteiger partial charge in [-0.3, -0.25) is 4.79 Å². The molecule has 0 aliphatic carbocycles. The van der Waals surface area contributed by atoms with E-state index >= 15 is 0 Å². The Labute approximate surface area is 181 Å². The van der Waals surface area contributed by atoms with Gasteiger partial charge in [-0.15, -0.1) is 0 Å². The molecule has 0 saturated carbocycles. The van der Waals surface area contributed by atoms with Gasteiger partial charge in [-0.05, 0) is 73.4 Å². The second-order valence-corrected chi connectivity index (χ2v) is 7.59. The van der Waals surface area contributed by atoms with Gasteiger partial charge in [0.15, 0.2) is 0 Å². The number of nitrogens with zero attached hydrogens (tertiary/aromatic N) is 2. The van der Waals surface area contributed by atoms with Crippen molar-refractivity contribution in [2.45, 2.75) is 20.3 Å². The zero-order valence-corrected chi connectivity index (χ0v) is 17.6. The van der Waals surface area contributed by atoms with Gasteiger partial charge < -0.3 is 5.32 Å². The van der Waals surface area contributed by atoms with Crippen molar-refractivity contribution in [3.8, 4) is 16.9 Å². The summed E-state index contributed by atoms with van der Waals surface area (Å²) < 4.78 is 15.0. The molecular weight excluding hydrogens is 389 g/mol. The molecule has 0 fully saturated rings. The van der Waals surface area contributed by atoms with Crippen molar-refractivity contribution < 1.29 is 9.18 Å². The normalized spacial score (nSPS) is 10.8. The minimum atomic E-state index is -0.334. The summed E-state index contributed by atoms with van der Waals surface area (Å²) in [4.78, 5) is 13.0. The van der Waals surface area contributed by atoms with E-state index < -0.39 is 0 Å². The Hall–Kier alpha value is -3.73. The minimum absolute atomic E-state index is 0.220. The van der Waals surface area contributed by atoms with E-state index in [4.69, 9.17) is 0 Å². The van der Waals surface area contributed by atoms with E-state index in [1.165, 1.54) is 17.7 Å². The standard InChI is InChI=1S/C26H24FN3O/c1-18-8-9-21(16-19(18)2)24-17-25(30(29-24)23-12-10-22(27)11-13-23)26(31)28-15-14-20-6-4-3-5-7-20/h3-13,16-17H,14-15H2,1-2H3,(H,28,31). The first-order valence-electron chi connectivity index (χ1n) is 10.3. The van der Waals surface area contributed by atoms with E-state index in [9.17, 15) is 9.18 Å². The van der Waals surface area contributed by atoms with Crippen LogP contribution in [0.25, 0.3) is 16.9 Å². The monoisotopic (exact) mass is 413 g/mol. The van der Waals surface area contributed by atoms with Gasteiger partial charge in [0.05, 0.1) is 11.4 Å². The lowest BCUT2D eigenvalue weighted by atomic mass is 10.0. The van der Waals surface area contributed by atoms with E-state index in [-0.39, 0.29) is 11.7 Å². The van der Waals surface area contributed by atoms with Gasteiger partial charge in [0.2, 0.25) is 0 Å². The van der Waals surface area contributed by atoms with Crippen molar-refractivity contribution in [2.75, 3.05) is 6.54 Å². The van der Waals surface area contributed by atoms with Crippen molar-refractivity contribution in [1.29, 1.82) is 0 Å². The van der Waals surface area contributed by atoms with E-state index in [1.807, 2.05) is 49.4 Å². The molecule has 156 valence electrons. The molecule has 31 heavy (non-hydrogen) atoms. The number of nitrogens with one attached hydrogen (secondary N) is 1. The van der Waals surface area contributed by atoms with E-state index in [2.05, 4.69) is 23.4 Å². The molecule has 1 aromatic heterocycles. The molecule has 4 nitrogen and oxygen atoms in total. The van der Waals surface area contributed by atoms with Crippen LogP contribution >= 0.6 is 0 Å². The van der Waals surface area contributed by atoms with Gasteiger partial charge in [0, 0.05) is 12.1 Å². The highest BCUT2D eigenvalue weighted by Crippen LogP contribution is 2.24. The lowest BCUT2D eigenvalue weighted by molar-refractivity contribution is 0.0946. The third-order valence-corrected chi connectivity index (χ3v) is 5.36. The van der Waals surface area contributed by atoms with Crippen molar-refractivity contribution in [2.24, 2.45) is 0 Å². The van der Waals surface area contributed by atoms with Gasteiger partial charge in [-0.25, -0.2) is 9.07 Å². The number of carbonyl (C=O) groups excluding carboxylic acids is 1. The van der Waals surface area contributed by atoms with Crippen LogP contribution in [0.5, 0.6) is 0 Å². The molecule has 1 heterocycles. The van der Waals surface area contributed by atoms with Gasteiger partial charge in [-0.2, -0.15) is 5.10 Å². The first-order valence-corrected chi connectivity index (χ1v) is 10.3. The summed E-state index contributed by atoms with van der Waals surface area (Å²) >= 11 is 0. The van der Waals surface area contributed by atoms with E-state index in [1.54, 1.807) is 22.9 Å². The predicted octanol–water partition coefficient (Wildman–Crippen LogP) is 5.27. The van der Waals surface area contributed by atoms with Gasteiger partial charge in [0.25, 0.3) is 5.91 Å². The molecular formula is C26H24FN3O. The molecule has 1 N–H and O–H groups in total. The third kappa shape index (κ3) is 4.72. The minimum Gasteiger partial charge on any atom is -0.350 e. The number of amides is 1. The average Bonchev–Trinajstić information content (AvgIpc) is 3.22. The lowest BCUT2D eigenvalue weighted by Crippen LogP contribution is -2.27. The lowest BCUT2D eigenvalue weighted by Gasteiger charge is -2.08. The van der Waals surface area contributed by atoms with Crippen LogP contribution in [0.15, 0.2) is 78.9 Å². The molecule has 0 unspecified atom stereocenters. The van der Waals surface area contributed by atoms with Crippen LogP contribution in [0.1, 0.15) is 27.2 Å². The van der Waals surface area contributed by atoms with E-state index in [0.29, 0.717) is 23.6 Å². The zero-order chi connectivity index (χ0) is 21.8. The fraction of sp³-hybridized carbons (Fsp3) is 0.154. The fourth-order valence-electron chi connectivity index (χ4n) is 3.42. The van der Waals surface area contributed by atoms with Crippen molar-refractivity contribution in [1.82, 2.24) is 15.1 Å². The molecule has 3 aromatic carbocycles. The van der Waals surface area contributed by atoms with Gasteiger partial charge in [0.1, 0.15) is 11.5 Å². The SMILES string of the molecule is Cc1ccc(-c2cc(C(=O)NCCc3ccccc3)n(-c3ccc(F)cc3)n2)cc1C. The van der Waals surface area contributed by atoms with E-state index in [0.717, 1.165) is 23.1 Å². The molecule has 0 aliphatic rings. The quantitative estimate of drug-likeness (QED) is 0.468. The fourth-order valence-corrected chi connectivity index (χ4v) is 3.42. The summed E-state index contributed by atoms with van der Waals surface area (Å²) in [5.41, 5.74) is 6.18. The van der Waals surface area contributed by atoms with Crippen molar-refractivity contribution >= 4 is 5.91 Å². The molecule has 4 aromatic rings. The van der Waals surface area contributed by atoms with Crippen LogP contribution in [-0.4, -0.2) is 22.2 Å². The highest BCUT2D eigenvalue weighted by atomic mass is 19.1. The molecule has 0 aliphatic heterocycles. The Morgan fingerprint density at radius 3 is 2.39 bits per heavy atom. The first kappa shape index (κ1) is 20.5. The zero-order valence-electron chi connectivity index (χ0n) is 17.6. The molecule has 0 radical (unpaired) electrons. The summed E-state index contributed by atoms with van der Waals surface area (Å²) in [7, 11) is 0. The number of rotatable bonds is 6. The topological polar surface area (TPSA) is 46.9 Å². The highest BCUT2D eigenvalue weighted by Gasteiger charge is 2.18. The largest absolute Gasteiger partial charge is 0.350 e. The third-order valence-electron chi connectivity index (χ3n) is 5.36. The Morgan fingerprint density at radius 2 is 1.68 bits per heavy atom. The van der Waals surface area contributed by atoms with Crippen LogP contribution in [0.4, 0.5) is 4.39 Å². The summed E-state index contributed by atoms with van der Waals surface area (Å²) in [5, 5.41) is 7.65. The molecule has 1 amide bonds. The van der Waals surface area contributed by atoms with Crippen LogP contribution in [0.2, 0.25) is 0 Å². The number of benzene rings is 3. The maximum Gasteiger partial charge on any atom is 0.270 e. The summed E-state index contributed by atoms with van der Waals surface area (Å²) in [5.74, 6) is -0.554. The molecule has 5 heteroatoms. The molecule has 0 atom stereocenters. The van der Waals surface area contributed by atoms with Crippen molar-refractivity contribution in [3.05, 3.63) is 107 Å². The number of halogens is 1. The molecule has 0 bridgehead atoms. The van der Waals surface area contributed by atoms with Crippen LogP contribution in [0, 0.1) is 19.7 Å². The summed E-state index contributed by atoms with van der Waals surface area (Å²) in [6.07, 6.45) is 0.737. The average molecular weight is 413 g/mol.